The molecule has 1 saturated heterocycles. The normalized spacial score (nSPS) is 21.9. The van der Waals surface area contributed by atoms with Gasteiger partial charge >= 0.3 is 0 Å². The number of para-hydroxylation sites is 1. The molecule has 1 saturated carbocycles. The molecule has 6 heteroatoms. The van der Waals surface area contributed by atoms with E-state index in [0.29, 0.717) is 24.4 Å². The molecule has 0 radical (unpaired) electrons. The Labute approximate surface area is 149 Å². The molecule has 134 valence electrons. The minimum atomic E-state index is -0.0184. The molecule has 4 rings (SSSR count). The molecule has 1 aromatic carbocycles. The van der Waals surface area contributed by atoms with Gasteiger partial charge in [-0.05, 0) is 25.0 Å². The van der Waals surface area contributed by atoms with E-state index in [9.17, 15) is 4.79 Å². The van der Waals surface area contributed by atoms with Gasteiger partial charge in [-0.25, -0.2) is 0 Å². The second kappa shape index (κ2) is 7.04. The maximum atomic E-state index is 13.0. The lowest BCUT2D eigenvalue weighted by Gasteiger charge is -2.44. The van der Waals surface area contributed by atoms with Gasteiger partial charge in [0.1, 0.15) is 5.75 Å². The third-order valence-corrected chi connectivity index (χ3v) is 5.59. The summed E-state index contributed by atoms with van der Waals surface area (Å²) in [5.41, 5.74) is 0.604. The predicted molar refractivity (Wildman–Crippen MR) is 97.1 cm³/mol. The van der Waals surface area contributed by atoms with Crippen LogP contribution in [-0.2, 0) is 0 Å². The van der Waals surface area contributed by atoms with Crippen LogP contribution in [0.2, 0.25) is 0 Å². The highest BCUT2D eigenvalue weighted by molar-refractivity contribution is 6.07. The van der Waals surface area contributed by atoms with E-state index in [2.05, 4.69) is 14.8 Å². The van der Waals surface area contributed by atoms with Crippen molar-refractivity contribution in [2.24, 2.45) is 4.99 Å². The number of ether oxygens (including phenoxy) is 1. The Hall–Kier alpha value is -2.08. The van der Waals surface area contributed by atoms with Crippen molar-refractivity contribution in [3.63, 3.8) is 0 Å². The van der Waals surface area contributed by atoms with Crippen LogP contribution < -0.4 is 4.74 Å². The molecule has 0 N–H and O–H groups in total. The van der Waals surface area contributed by atoms with Gasteiger partial charge in [0.15, 0.2) is 0 Å². The van der Waals surface area contributed by atoms with Crippen LogP contribution in [-0.4, -0.2) is 79.0 Å². The SMILES string of the molecule is COc1ccccc1C(=O)N1CCN=C1N1CCN(C2CCC2)CC1. The zero-order valence-corrected chi connectivity index (χ0v) is 14.9. The highest BCUT2D eigenvalue weighted by atomic mass is 16.5. The van der Waals surface area contributed by atoms with Gasteiger partial charge in [-0.15, -0.1) is 0 Å². The van der Waals surface area contributed by atoms with E-state index in [1.54, 1.807) is 7.11 Å². The largest absolute Gasteiger partial charge is 0.496 e. The topological polar surface area (TPSA) is 48.4 Å². The Balaban J connectivity index is 1.44. The summed E-state index contributed by atoms with van der Waals surface area (Å²) in [7, 11) is 1.60. The van der Waals surface area contributed by atoms with Crippen molar-refractivity contribution < 1.29 is 9.53 Å². The van der Waals surface area contributed by atoms with Gasteiger partial charge in [0.05, 0.1) is 19.2 Å². The summed E-state index contributed by atoms with van der Waals surface area (Å²) in [6.07, 6.45) is 4.07. The first kappa shape index (κ1) is 16.4. The first-order chi connectivity index (χ1) is 12.3. The number of hydrogen-bond donors (Lipinski definition) is 0. The molecule has 1 aliphatic carbocycles. The van der Waals surface area contributed by atoms with Crippen molar-refractivity contribution in [2.45, 2.75) is 25.3 Å². The Bertz CT molecular complexity index is 663. The number of carbonyl (C=O) groups is 1. The molecular formula is C19H26N4O2. The molecular weight excluding hydrogens is 316 g/mol. The fourth-order valence-corrected chi connectivity index (χ4v) is 3.90. The maximum absolute atomic E-state index is 13.0. The van der Waals surface area contributed by atoms with Gasteiger partial charge in [-0.3, -0.25) is 19.6 Å². The predicted octanol–water partition coefficient (Wildman–Crippen LogP) is 1.68. The highest BCUT2D eigenvalue weighted by Gasteiger charge is 2.34. The summed E-state index contributed by atoms with van der Waals surface area (Å²) in [5, 5.41) is 0. The molecule has 25 heavy (non-hydrogen) atoms. The zero-order chi connectivity index (χ0) is 17.2. The van der Waals surface area contributed by atoms with Crippen LogP contribution in [0.25, 0.3) is 0 Å². The molecule has 2 heterocycles. The van der Waals surface area contributed by atoms with Crippen LogP contribution in [0.4, 0.5) is 0 Å². The molecule has 2 aliphatic heterocycles. The summed E-state index contributed by atoms with van der Waals surface area (Å²) in [6, 6.07) is 8.20. The first-order valence-electron chi connectivity index (χ1n) is 9.26. The van der Waals surface area contributed by atoms with E-state index in [1.165, 1.54) is 19.3 Å². The van der Waals surface area contributed by atoms with Gasteiger partial charge in [0.2, 0.25) is 5.96 Å². The average Bonchev–Trinajstić information content (AvgIpc) is 3.10. The minimum Gasteiger partial charge on any atom is -0.496 e. The number of methoxy groups -OCH3 is 1. The first-order valence-corrected chi connectivity index (χ1v) is 9.26. The van der Waals surface area contributed by atoms with E-state index in [-0.39, 0.29) is 5.91 Å². The van der Waals surface area contributed by atoms with E-state index >= 15 is 0 Å². The van der Waals surface area contributed by atoms with E-state index < -0.39 is 0 Å². The summed E-state index contributed by atoms with van der Waals surface area (Å²) < 4.78 is 5.36. The number of amides is 1. The quantitative estimate of drug-likeness (QED) is 0.839. The van der Waals surface area contributed by atoms with Gasteiger partial charge in [-0.1, -0.05) is 18.6 Å². The van der Waals surface area contributed by atoms with Crippen molar-refractivity contribution in [1.29, 1.82) is 0 Å². The molecule has 0 atom stereocenters. The lowest BCUT2D eigenvalue weighted by Crippen LogP contribution is -2.56. The standard InChI is InChI=1S/C19H26N4O2/c1-25-17-8-3-2-7-16(17)18(24)23-10-9-20-19(23)22-13-11-21(12-14-22)15-5-4-6-15/h2-3,7-8,15H,4-6,9-14H2,1H3. The third-order valence-electron chi connectivity index (χ3n) is 5.59. The zero-order valence-electron chi connectivity index (χ0n) is 14.9. The molecule has 0 aromatic heterocycles. The summed E-state index contributed by atoms with van der Waals surface area (Å²) in [6.45, 7) is 5.37. The van der Waals surface area contributed by atoms with Crippen molar-refractivity contribution in [1.82, 2.24) is 14.7 Å². The average molecular weight is 342 g/mol. The van der Waals surface area contributed by atoms with Crippen LogP contribution in [0.1, 0.15) is 29.6 Å². The summed E-state index contributed by atoms with van der Waals surface area (Å²) in [5.74, 6) is 1.44. The van der Waals surface area contributed by atoms with Crippen molar-refractivity contribution >= 4 is 11.9 Å². The van der Waals surface area contributed by atoms with Gasteiger partial charge < -0.3 is 9.64 Å². The van der Waals surface area contributed by atoms with E-state index in [0.717, 1.165) is 38.2 Å². The Morgan fingerprint density at radius 3 is 2.56 bits per heavy atom. The van der Waals surface area contributed by atoms with E-state index in [1.807, 2.05) is 29.2 Å². The van der Waals surface area contributed by atoms with Crippen molar-refractivity contribution in [2.75, 3.05) is 46.4 Å². The molecule has 1 aromatic rings. The monoisotopic (exact) mass is 342 g/mol. The number of benzene rings is 1. The smallest absolute Gasteiger partial charge is 0.264 e. The molecule has 3 aliphatic rings. The van der Waals surface area contributed by atoms with E-state index in [4.69, 9.17) is 4.74 Å². The fraction of sp³-hybridized carbons (Fsp3) is 0.579. The highest BCUT2D eigenvalue weighted by Crippen LogP contribution is 2.26. The number of piperazine rings is 1. The number of hydrogen-bond acceptors (Lipinski definition) is 5. The van der Waals surface area contributed by atoms with Crippen molar-refractivity contribution in [3.05, 3.63) is 29.8 Å². The van der Waals surface area contributed by atoms with Crippen LogP contribution >= 0.6 is 0 Å². The second-order valence-corrected chi connectivity index (χ2v) is 6.95. The molecule has 0 spiro atoms. The Morgan fingerprint density at radius 2 is 1.88 bits per heavy atom. The number of guanidine groups is 1. The molecule has 2 fully saturated rings. The lowest BCUT2D eigenvalue weighted by atomic mass is 9.91. The fourth-order valence-electron chi connectivity index (χ4n) is 3.90. The number of aliphatic imine (C=N–C) groups is 1. The van der Waals surface area contributed by atoms with Crippen LogP contribution in [0.5, 0.6) is 5.75 Å². The Morgan fingerprint density at radius 1 is 1.12 bits per heavy atom. The third kappa shape index (κ3) is 3.11. The maximum Gasteiger partial charge on any atom is 0.264 e. The van der Waals surface area contributed by atoms with Gasteiger partial charge in [0, 0.05) is 38.8 Å². The van der Waals surface area contributed by atoms with Gasteiger partial charge in [-0.2, -0.15) is 0 Å². The lowest BCUT2D eigenvalue weighted by molar-refractivity contribution is 0.0744. The van der Waals surface area contributed by atoms with Gasteiger partial charge in [0.25, 0.3) is 5.91 Å². The Kier molecular flexibility index (Phi) is 4.61. The van der Waals surface area contributed by atoms with Crippen molar-refractivity contribution in [3.8, 4) is 5.75 Å². The number of nitrogens with zero attached hydrogens (tertiary/aromatic N) is 4. The molecule has 1 amide bonds. The van der Waals surface area contributed by atoms with Crippen LogP contribution in [0.15, 0.2) is 29.3 Å². The summed E-state index contributed by atoms with van der Waals surface area (Å²) >= 11 is 0. The number of carbonyl (C=O) groups excluding carboxylic acids is 1. The van der Waals surface area contributed by atoms with Crippen LogP contribution in [0, 0.1) is 0 Å². The summed E-state index contributed by atoms with van der Waals surface area (Å²) in [4.78, 5) is 24.4. The molecule has 0 bridgehead atoms. The molecule has 0 unspecified atom stereocenters. The van der Waals surface area contributed by atoms with Crippen LogP contribution in [0.3, 0.4) is 0 Å². The number of rotatable bonds is 3. The molecule has 6 nitrogen and oxygen atoms in total. The second-order valence-electron chi connectivity index (χ2n) is 6.95. The minimum absolute atomic E-state index is 0.0184.